The lowest BCUT2D eigenvalue weighted by molar-refractivity contribution is 0.0933. The van der Waals surface area contributed by atoms with Crippen molar-refractivity contribution in [1.29, 1.82) is 0 Å². The van der Waals surface area contributed by atoms with Gasteiger partial charge in [0.05, 0.1) is 0 Å². The van der Waals surface area contributed by atoms with E-state index in [1.54, 1.807) is 0 Å². The van der Waals surface area contributed by atoms with E-state index >= 15 is 0 Å². The van der Waals surface area contributed by atoms with Gasteiger partial charge in [0.2, 0.25) is 0 Å². The first-order valence-electron chi connectivity index (χ1n) is 6.51. The summed E-state index contributed by atoms with van der Waals surface area (Å²) in [7, 11) is 0. The maximum absolute atomic E-state index is 12.3. The molecule has 0 bridgehead atoms. The number of rotatable bonds is 0. The maximum atomic E-state index is 12.3. The van der Waals surface area contributed by atoms with Gasteiger partial charge in [0.1, 0.15) is 13.2 Å². The number of ether oxygens (including phenoxy) is 2. The van der Waals surface area contributed by atoms with Crippen LogP contribution < -0.4 is 9.47 Å². The molecule has 1 aliphatic carbocycles. The van der Waals surface area contributed by atoms with Crippen molar-refractivity contribution in [2.24, 2.45) is 5.41 Å². The minimum atomic E-state index is 0.0817. The first kappa shape index (κ1) is 11.6. The smallest absolute Gasteiger partial charge is 0.163 e. The number of aryl methyl sites for hydroxylation is 1. The first-order valence-corrected chi connectivity index (χ1v) is 6.51. The maximum Gasteiger partial charge on any atom is 0.163 e. The molecule has 2 aliphatic rings. The molecule has 96 valence electrons. The zero-order chi connectivity index (χ0) is 12.8. The van der Waals surface area contributed by atoms with E-state index in [0.717, 1.165) is 29.7 Å². The standard InChI is InChI=1S/C15H18O3/c1-15(2)4-3-10-7-13-14(18-6-5-17-13)8-11(10)12(16)9-15/h7-8H,3-6,9H2,1-2H3. The molecule has 3 heteroatoms. The molecule has 0 fully saturated rings. The van der Waals surface area contributed by atoms with Crippen molar-refractivity contribution in [3.8, 4) is 11.5 Å². The van der Waals surface area contributed by atoms with E-state index in [1.807, 2.05) is 12.1 Å². The quantitative estimate of drug-likeness (QED) is 0.660. The lowest BCUT2D eigenvalue weighted by Gasteiger charge is -2.20. The van der Waals surface area contributed by atoms with Gasteiger partial charge in [0.25, 0.3) is 0 Å². The molecular weight excluding hydrogens is 228 g/mol. The fourth-order valence-electron chi connectivity index (χ4n) is 2.69. The second-order valence-electron chi connectivity index (χ2n) is 5.92. The predicted octanol–water partition coefficient (Wildman–Crippen LogP) is 3.00. The third kappa shape index (κ3) is 1.98. The molecule has 3 rings (SSSR count). The van der Waals surface area contributed by atoms with Crippen LogP contribution in [0.25, 0.3) is 0 Å². The zero-order valence-electron chi connectivity index (χ0n) is 10.9. The fraction of sp³-hybridized carbons (Fsp3) is 0.533. The second-order valence-corrected chi connectivity index (χ2v) is 5.92. The van der Waals surface area contributed by atoms with Gasteiger partial charge in [-0.1, -0.05) is 13.8 Å². The summed E-state index contributed by atoms with van der Waals surface area (Å²) < 4.78 is 11.1. The molecule has 1 aliphatic heterocycles. The Bertz CT molecular complexity index is 503. The number of carbonyl (C=O) groups is 1. The predicted molar refractivity (Wildman–Crippen MR) is 68.5 cm³/mol. The van der Waals surface area contributed by atoms with Gasteiger partial charge in [-0.15, -0.1) is 0 Å². The molecule has 0 atom stereocenters. The largest absolute Gasteiger partial charge is 0.486 e. The van der Waals surface area contributed by atoms with Crippen molar-refractivity contribution in [3.63, 3.8) is 0 Å². The summed E-state index contributed by atoms with van der Waals surface area (Å²) in [4.78, 5) is 12.3. The first-order chi connectivity index (χ1) is 8.55. The third-order valence-electron chi connectivity index (χ3n) is 3.78. The highest BCUT2D eigenvalue weighted by molar-refractivity contribution is 5.99. The zero-order valence-corrected chi connectivity index (χ0v) is 10.9. The van der Waals surface area contributed by atoms with Gasteiger partial charge >= 0.3 is 0 Å². The molecule has 18 heavy (non-hydrogen) atoms. The lowest BCUT2D eigenvalue weighted by Crippen LogP contribution is -2.17. The molecule has 0 saturated heterocycles. The third-order valence-corrected chi connectivity index (χ3v) is 3.78. The van der Waals surface area contributed by atoms with Crippen LogP contribution in [-0.4, -0.2) is 19.0 Å². The van der Waals surface area contributed by atoms with Gasteiger partial charge in [-0.25, -0.2) is 0 Å². The Morgan fingerprint density at radius 2 is 1.78 bits per heavy atom. The summed E-state index contributed by atoms with van der Waals surface area (Å²) in [6.07, 6.45) is 2.58. The molecule has 0 unspecified atom stereocenters. The van der Waals surface area contributed by atoms with Gasteiger partial charge in [-0.3, -0.25) is 4.79 Å². The van der Waals surface area contributed by atoms with Crippen LogP contribution in [0, 0.1) is 5.41 Å². The Balaban J connectivity index is 2.05. The highest BCUT2D eigenvalue weighted by atomic mass is 16.6. The van der Waals surface area contributed by atoms with Crippen molar-refractivity contribution in [3.05, 3.63) is 23.3 Å². The van der Waals surface area contributed by atoms with Crippen LogP contribution in [0.1, 0.15) is 42.6 Å². The number of hydrogen-bond donors (Lipinski definition) is 0. The Kier molecular flexibility index (Phi) is 2.58. The summed E-state index contributed by atoms with van der Waals surface area (Å²) in [5.74, 6) is 1.73. The minimum absolute atomic E-state index is 0.0817. The molecule has 0 radical (unpaired) electrons. The van der Waals surface area contributed by atoms with Crippen molar-refractivity contribution in [2.45, 2.75) is 33.1 Å². The molecule has 0 N–H and O–H groups in total. The van der Waals surface area contributed by atoms with E-state index in [2.05, 4.69) is 13.8 Å². The topological polar surface area (TPSA) is 35.5 Å². The summed E-state index contributed by atoms with van der Waals surface area (Å²) in [6, 6.07) is 3.86. The highest BCUT2D eigenvalue weighted by Gasteiger charge is 2.29. The number of fused-ring (bicyclic) bond motifs is 2. The number of hydrogen-bond acceptors (Lipinski definition) is 3. The van der Waals surface area contributed by atoms with Crippen molar-refractivity contribution >= 4 is 5.78 Å². The summed E-state index contributed by atoms with van der Waals surface area (Å²) in [5.41, 5.74) is 2.01. The van der Waals surface area contributed by atoms with E-state index in [1.165, 1.54) is 0 Å². The number of carbonyl (C=O) groups excluding carboxylic acids is 1. The Morgan fingerprint density at radius 3 is 2.50 bits per heavy atom. The van der Waals surface area contributed by atoms with Crippen LogP contribution in [-0.2, 0) is 6.42 Å². The Hall–Kier alpha value is -1.51. The molecule has 3 nitrogen and oxygen atoms in total. The molecule has 1 aromatic rings. The Labute approximate surface area is 107 Å². The van der Waals surface area contributed by atoms with Crippen LogP contribution >= 0.6 is 0 Å². The van der Waals surface area contributed by atoms with Crippen LogP contribution in [0.4, 0.5) is 0 Å². The fourth-order valence-corrected chi connectivity index (χ4v) is 2.69. The van der Waals surface area contributed by atoms with E-state index in [9.17, 15) is 4.79 Å². The van der Waals surface area contributed by atoms with Gasteiger partial charge in [-0.05, 0) is 36.0 Å². The Morgan fingerprint density at radius 1 is 1.11 bits per heavy atom. The molecular formula is C15H18O3. The minimum Gasteiger partial charge on any atom is -0.486 e. The second kappa shape index (κ2) is 4.01. The molecule has 0 spiro atoms. The number of ketones is 1. The average molecular weight is 246 g/mol. The van der Waals surface area contributed by atoms with Crippen LogP contribution in [0.2, 0.25) is 0 Å². The molecule has 1 heterocycles. The SMILES string of the molecule is CC1(C)CCc2cc3c(cc2C(=O)C1)OCCO3. The van der Waals surface area contributed by atoms with E-state index in [-0.39, 0.29) is 11.2 Å². The van der Waals surface area contributed by atoms with Crippen molar-refractivity contribution in [2.75, 3.05) is 13.2 Å². The van der Waals surface area contributed by atoms with Gasteiger partial charge in [0.15, 0.2) is 17.3 Å². The summed E-state index contributed by atoms with van der Waals surface area (Å²) >= 11 is 0. The molecule has 0 aromatic heterocycles. The molecule has 0 saturated carbocycles. The van der Waals surface area contributed by atoms with Crippen LogP contribution in [0.5, 0.6) is 11.5 Å². The number of benzene rings is 1. The lowest BCUT2D eigenvalue weighted by atomic mass is 9.84. The summed E-state index contributed by atoms with van der Waals surface area (Å²) in [5, 5.41) is 0. The number of Topliss-reactive ketones (excluding diaryl/α,β-unsaturated/α-hetero) is 1. The summed E-state index contributed by atoms with van der Waals surface area (Å²) in [6.45, 7) is 5.46. The highest BCUT2D eigenvalue weighted by Crippen LogP contribution is 2.39. The van der Waals surface area contributed by atoms with Gasteiger partial charge in [-0.2, -0.15) is 0 Å². The van der Waals surface area contributed by atoms with Gasteiger partial charge in [0, 0.05) is 12.0 Å². The van der Waals surface area contributed by atoms with Crippen molar-refractivity contribution < 1.29 is 14.3 Å². The average Bonchev–Trinajstić information content (AvgIpc) is 2.44. The molecule has 0 amide bonds. The van der Waals surface area contributed by atoms with E-state index < -0.39 is 0 Å². The normalized spacial score (nSPS) is 21.1. The van der Waals surface area contributed by atoms with E-state index in [4.69, 9.17) is 9.47 Å². The monoisotopic (exact) mass is 246 g/mol. The van der Waals surface area contributed by atoms with Crippen LogP contribution in [0.15, 0.2) is 12.1 Å². The van der Waals surface area contributed by atoms with Crippen molar-refractivity contribution in [1.82, 2.24) is 0 Å². The molecule has 1 aromatic carbocycles. The van der Waals surface area contributed by atoms with E-state index in [0.29, 0.717) is 25.4 Å². The van der Waals surface area contributed by atoms with Crippen LogP contribution in [0.3, 0.4) is 0 Å². The van der Waals surface area contributed by atoms with Gasteiger partial charge < -0.3 is 9.47 Å².